The summed E-state index contributed by atoms with van der Waals surface area (Å²) in [7, 11) is 1.56. The number of nitrogens with zero attached hydrogens (tertiary/aromatic N) is 1. The molecule has 1 unspecified atom stereocenters. The maximum atomic E-state index is 12.7. The molecule has 0 saturated heterocycles. The topological polar surface area (TPSA) is 65.1 Å². The molecule has 0 aromatic heterocycles. The first-order valence-corrected chi connectivity index (χ1v) is 10.6. The Morgan fingerprint density at radius 3 is 2.23 bits per heavy atom. The van der Waals surface area contributed by atoms with Crippen molar-refractivity contribution >= 4 is 28.7 Å². The quantitative estimate of drug-likeness (QED) is 0.446. The van der Waals surface area contributed by atoms with Crippen LogP contribution in [0.25, 0.3) is 16.8 Å². The lowest BCUT2D eigenvalue weighted by atomic mass is 10.0. The number of hydrogen-bond acceptors (Lipinski definition) is 5. The molecular formula is C25H33NO5. The number of esters is 1. The van der Waals surface area contributed by atoms with Crippen molar-refractivity contribution < 1.29 is 23.8 Å². The van der Waals surface area contributed by atoms with Crippen molar-refractivity contribution in [2.24, 2.45) is 0 Å². The highest BCUT2D eigenvalue weighted by molar-refractivity contribution is 6.00. The molecule has 31 heavy (non-hydrogen) atoms. The summed E-state index contributed by atoms with van der Waals surface area (Å²) in [6.45, 7) is 12.3. The Morgan fingerprint density at radius 1 is 1.06 bits per heavy atom. The molecule has 2 aromatic carbocycles. The molecule has 6 nitrogen and oxygen atoms in total. The maximum Gasteiger partial charge on any atom is 0.331 e. The summed E-state index contributed by atoms with van der Waals surface area (Å²) in [5.74, 6) is 0.588. The first kappa shape index (κ1) is 24.3. The number of rotatable bonds is 8. The second kappa shape index (κ2) is 10.3. The van der Waals surface area contributed by atoms with Gasteiger partial charge in [0.15, 0.2) is 6.10 Å². The van der Waals surface area contributed by atoms with Gasteiger partial charge in [0.05, 0.1) is 7.11 Å². The van der Waals surface area contributed by atoms with Crippen molar-refractivity contribution in [3.63, 3.8) is 0 Å². The van der Waals surface area contributed by atoms with Crippen LogP contribution in [0.15, 0.2) is 36.4 Å². The third-order valence-electron chi connectivity index (χ3n) is 4.75. The van der Waals surface area contributed by atoms with E-state index in [1.807, 2.05) is 58.9 Å². The highest BCUT2D eigenvalue weighted by Gasteiger charge is 2.22. The second-order valence-electron chi connectivity index (χ2n) is 8.17. The van der Waals surface area contributed by atoms with Crippen molar-refractivity contribution in [2.45, 2.75) is 53.2 Å². The van der Waals surface area contributed by atoms with Gasteiger partial charge in [0.2, 0.25) is 0 Å². The molecular weight excluding hydrogens is 394 g/mol. The van der Waals surface area contributed by atoms with Crippen molar-refractivity contribution in [1.82, 2.24) is 4.90 Å². The maximum absolute atomic E-state index is 12.7. The molecule has 0 saturated carbocycles. The smallest absolute Gasteiger partial charge is 0.331 e. The van der Waals surface area contributed by atoms with Gasteiger partial charge >= 0.3 is 5.97 Å². The first-order chi connectivity index (χ1) is 14.6. The third kappa shape index (κ3) is 6.23. The number of likely N-dealkylation sites (N-methyl/N-ethyl adjacent to an activating group) is 1. The number of benzene rings is 2. The van der Waals surface area contributed by atoms with Crippen molar-refractivity contribution in [1.29, 1.82) is 0 Å². The minimum Gasteiger partial charge on any atom is -0.496 e. The Hall–Kier alpha value is -3.02. The Balaban J connectivity index is 2.45. The number of ether oxygens (including phenoxy) is 3. The molecule has 0 bridgehead atoms. The Labute approximate surface area is 184 Å². The van der Waals surface area contributed by atoms with E-state index in [2.05, 4.69) is 0 Å². The minimum absolute atomic E-state index is 0.0676. The van der Waals surface area contributed by atoms with Crippen LogP contribution in [-0.4, -0.2) is 48.7 Å². The average Bonchev–Trinajstić information content (AvgIpc) is 2.72. The molecule has 2 rings (SSSR count). The molecule has 0 aliphatic heterocycles. The van der Waals surface area contributed by atoms with Gasteiger partial charge in [-0.3, -0.25) is 4.79 Å². The summed E-state index contributed by atoms with van der Waals surface area (Å²) in [5, 5.41) is 1.67. The predicted octanol–water partition coefficient (Wildman–Crippen LogP) is 4.84. The summed E-state index contributed by atoms with van der Waals surface area (Å²) < 4.78 is 17.0. The van der Waals surface area contributed by atoms with Crippen molar-refractivity contribution in [3.8, 4) is 11.5 Å². The van der Waals surface area contributed by atoms with Crippen LogP contribution in [0.5, 0.6) is 11.5 Å². The van der Waals surface area contributed by atoms with Crippen LogP contribution in [0.3, 0.4) is 0 Å². The van der Waals surface area contributed by atoms with E-state index in [0.29, 0.717) is 24.6 Å². The van der Waals surface area contributed by atoms with Gasteiger partial charge in [-0.1, -0.05) is 24.3 Å². The fourth-order valence-electron chi connectivity index (χ4n) is 3.30. The standard InChI is InChI=1S/C25H33NO5/c1-8-26(9-2)24(28)17(3)30-22-16-21(29-7)20(18-12-10-11-13-19(18)22)14-15-23(27)31-25(4,5)6/h10-17H,8-9H2,1-7H3/b15-14+. The highest BCUT2D eigenvalue weighted by Crippen LogP contribution is 2.37. The van der Waals surface area contributed by atoms with E-state index in [1.54, 1.807) is 31.1 Å². The highest BCUT2D eigenvalue weighted by atomic mass is 16.6. The van der Waals surface area contributed by atoms with E-state index in [1.165, 1.54) is 6.08 Å². The lowest BCUT2D eigenvalue weighted by molar-refractivity contribution is -0.148. The van der Waals surface area contributed by atoms with Crippen LogP contribution in [0.2, 0.25) is 0 Å². The summed E-state index contributed by atoms with van der Waals surface area (Å²) in [4.78, 5) is 26.6. The summed E-state index contributed by atoms with van der Waals surface area (Å²) in [6, 6.07) is 9.41. The summed E-state index contributed by atoms with van der Waals surface area (Å²) in [6.07, 6.45) is 2.43. The molecule has 6 heteroatoms. The van der Waals surface area contributed by atoms with E-state index in [0.717, 1.165) is 16.3 Å². The minimum atomic E-state index is -0.642. The number of amides is 1. The molecule has 0 aliphatic carbocycles. The number of carbonyl (C=O) groups excluding carboxylic acids is 2. The van der Waals surface area contributed by atoms with E-state index in [-0.39, 0.29) is 5.91 Å². The zero-order chi connectivity index (χ0) is 23.2. The fourth-order valence-corrected chi connectivity index (χ4v) is 3.30. The Morgan fingerprint density at radius 2 is 1.68 bits per heavy atom. The molecule has 0 heterocycles. The van der Waals surface area contributed by atoms with Crippen molar-refractivity contribution in [3.05, 3.63) is 42.0 Å². The van der Waals surface area contributed by atoms with E-state index in [9.17, 15) is 9.59 Å². The van der Waals surface area contributed by atoms with Gasteiger partial charge in [0, 0.05) is 36.2 Å². The molecule has 1 amide bonds. The molecule has 1 atom stereocenters. The zero-order valence-corrected chi connectivity index (χ0v) is 19.5. The van der Waals surface area contributed by atoms with E-state index in [4.69, 9.17) is 14.2 Å². The third-order valence-corrected chi connectivity index (χ3v) is 4.75. The molecule has 0 fully saturated rings. The van der Waals surface area contributed by atoms with Gasteiger partial charge in [0.1, 0.15) is 17.1 Å². The van der Waals surface area contributed by atoms with Crippen LogP contribution >= 0.6 is 0 Å². The Kier molecular flexibility index (Phi) is 8.08. The zero-order valence-electron chi connectivity index (χ0n) is 19.5. The van der Waals surface area contributed by atoms with Crippen LogP contribution in [-0.2, 0) is 14.3 Å². The van der Waals surface area contributed by atoms with Gasteiger partial charge in [-0.2, -0.15) is 0 Å². The molecule has 0 N–H and O–H groups in total. The Bertz CT molecular complexity index is 954. The van der Waals surface area contributed by atoms with Gasteiger partial charge in [-0.05, 0) is 53.0 Å². The van der Waals surface area contributed by atoms with Crippen LogP contribution in [0.1, 0.15) is 47.1 Å². The first-order valence-electron chi connectivity index (χ1n) is 10.6. The average molecular weight is 428 g/mol. The van der Waals surface area contributed by atoms with Gasteiger partial charge in [-0.15, -0.1) is 0 Å². The second-order valence-corrected chi connectivity index (χ2v) is 8.17. The number of methoxy groups -OCH3 is 1. The molecule has 168 valence electrons. The number of hydrogen-bond donors (Lipinski definition) is 0. The van der Waals surface area contributed by atoms with Crippen molar-refractivity contribution in [2.75, 3.05) is 20.2 Å². The molecule has 0 radical (unpaired) electrons. The summed E-state index contributed by atoms with van der Waals surface area (Å²) >= 11 is 0. The SMILES string of the molecule is CCN(CC)C(=O)C(C)Oc1cc(OC)c(/C=C/C(=O)OC(C)(C)C)c2ccccc12. The molecule has 0 aliphatic rings. The van der Waals surface area contributed by atoms with E-state index >= 15 is 0 Å². The fraction of sp³-hybridized carbons (Fsp3) is 0.440. The number of carbonyl (C=O) groups is 2. The summed E-state index contributed by atoms with van der Waals surface area (Å²) in [5.41, 5.74) is 0.165. The van der Waals surface area contributed by atoms with Crippen LogP contribution in [0.4, 0.5) is 0 Å². The van der Waals surface area contributed by atoms with Crippen LogP contribution in [0, 0.1) is 0 Å². The molecule has 2 aromatic rings. The van der Waals surface area contributed by atoms with Gasteiger partial charge < -0.3 is 19.1 Å². The van der Waals surface area contributed by atoms with Gasteiger partial charge in [-0.25, -0.2) is 4.79 Å². The molecule has 0 spiro atoms. The number of fused-ring (bicyclic) bond motifs is 1. The van der Waals surface area contributed by atoms with Gasteiger partial charge in [0.25, 0.3) is 5.91 Å². The van der Waals surface area contributed by atoms with Crippen LogP contribution < -0.4 is 9.47 Å². The normalized spacial score (nSPS) is 12.6. The predicted molar refractivity (Wildman–Crippen MR) is 123 cm³/mol. The monoisotopic (exact) mass is 427 g/mol. The largest absolute Gasteiger partial charge is 0.496 e. The lowest BCUT2D eigenvalue weighted by Crippen LogP contribution is -2.40. The van der Waals surface area contributed by atoms with E-state index < -0.39 is 17.7 Å². The lowest BCUT2D eigenvalue weighted by Gasteiger charge is -2.24.